The van der Waals surface area contributed by atoms with E-state index in [1.54, 1.807) is 0 Å². The van der Waals surface area contributed by atoms with E-state index in [0.717, 1.165) is 17.0 Å². The summed E-state index contributed by atoms with van der Waals surface area (Å²) in [6.07, 6.45) is 0. The fourth-order valence-corrected chi connectivity index (χ4v) is 1.87. The SMILES string of the molecule is Cc1[nH]c(-c2ccccc2)c(Cl)c1C#N. The van der Waals surface area contributed by atoms with E-state index in [9.17, 15) is 0 Å². The van der Waals surface area contributed by atoms with Crippen LogP contribution in [0.15, 0.2) is 30.3 Å². The summed E-state index contributed by atoms with van der Waals surface area (Å²) in [4.78, 5) is 3.13. The van der Waals surface area contributed by atoms with E-state index in [0.29, 0.717) is 10.6 Å². The Kier molecular flexibility index (Phi) is 2.49. The fraction of sp³-hybridized carbons (Fsp3) is 0.0833. The molecule has 2 aromatic rings. The van der Waals surface area contributed by atoms with Crippen LogP contribution < -0.4 is 0 Å². The van der Waals surface area contributed by atoms with Crippen LogP contribution in [0.4, 0.5) is 0 Å². The van der Waals surface area contributed by atoms with E-state index in [4.69, 9.17) is 16.9 Å². The van der Waals surface area contributed by atoms with Gasteiger partial charge in [-0.1, -0.05) is 41.9 Å². The number of halogens is 1. The van der Waals surface area contributed by atoms with Crippen LogP contribution in [-0.2, 0) is 0 Å². The van der Waals surface area contributed by atoms with Crippen molar-refractivity contribution in [3.05, 3.63) is 46.6 Å². The van der Waals surface area contributed by atoms with Gasteiger partial charge in [-0.05, 0) is 12.5 Å². The normalized spacial score (nSPS) is 9.93. The number of aromatic amines is 1. The average Bonchev–Trinajstić information content (AvgIpc) is 2.55. The number of nitrogens with zero attached hydrogens (tertiary/aromatic N) is 1. The molecular weight excluding hydrogens is 208 g/mol. The van der Waals surface area contributed by atoms with Crippen molar-refractivity contribution in [3.8, 4) is 17.3 Å². The van der Waals surface area contributed by atoms with Gasteiger partial charge in [0.15, 0.2) is 0 Å². The third-order valence-electron chi connectivity index (χ3n) is 2.30. The Morgan fingerprint density at radius 3 is 2.47 bits per heavy atom. The zero-order valence-electron chi connectivity index (χ0n) is 8.21. The third kappa shape index (κ3) is 1.62. The summed E-state index contributed by atoms with van der Waals surface area (Å²) >= 11 is 6.11. The molecule has 0 aliphatic carbocycles. The average molecular weight is 217 g/mol. The van der Waals surface area contributed by atoms with Gasteiger partial charge in [0, 0.05) is 5.69 Å². The first-order chi connectivity index (χ1) is 7.24. The molecule has 15 heavy (non-hydrogen) atoms. The summed E-state index contributed by atoms with van der Waals surface area (Å²) in [7, 11) is 0. The summed E-state index contributed by atoms with van der Waals surface area (Å²) in [6, 6.07) is 11.8. The van der Waals surface area contributed by atoms with Crippen molar-refractivity contribution < 1.29 is 0 Å². The molecule has 0 aliphatic heterocycles. The number of aryl methyl sites for hydroxylation is 1. The summed E-state index contributed by atoms with van der Waals surface area (Å²) in [5.74, 6) is 0. The molecule has 74 valence electrons. The summed E-state index contributed by atoms with van der Waals surface area (Å²) < 4.78 is 0. The first-order valence-corrected chi connectivity index (χ1v) is 4.95. The van der Waals surface area contributed by atoms with Crippen molar-refractivity contribution >= 4 is 11.6 Å². The Balaban J connectivity index is 2.62. The number of nitriles is 1. The predicted octanol–water partition coefficient (Wildman–Crippen LogP) is 3.52. The van der Waals surface area contributed by atoms with Gasteiger partial charge in [0.05, 0.1) is 16.3 Å². The molecule has 0 aliphatic rings. The van der Waals surface area contributed by atoms with Crippen molar-refractivity contribution in [3.63, 3.8) is 0 Å². The van der Waals surface area contributed by atoms with Crippen LogP contribution in [0.1, 0.15) is 11.3 Å². The van der Waals surface area contributed by atoms with Crippen molar-refractivity contribution in [2.75, 3.05) is 0 Å². The van der Waals surface area contributed by atoms with Gasteiger partial charge in [0.1, 0.15) is 6.07 Å². The number of nitrogens with one attached hydrogen (secondary N) is 1. The standard InChI is InChI=1S/C12H9ClN2/c1-8-10(7-14)11(13)12(15-8)9-5-3-2-4-6-9/h2-6,15H,1H3. The van der Waals surface area contributed by atoms with E-state index >= 15 is 0 Å². The molecule has 0 saturated carbocycles. The van der Waals surface area contributed by atoms with E-state index in [-0.39, 0.29) is 0 Å². The van der Waals surface area contributed by atoms with Crippen LogP contribution in [0.25, 0.3) is 11.3 Å². The Morgan fingerprint density at radius 2 is 1.93 bits per heavy atom. The lowest BCUT2D eigenvalue weighted by Crippen LogP contribution is -1.77. The zero-order chi connectivity index (χ0) is 10.8. The molecule has 0 bridgehead atoms. The first-order valence-electron chi connectivity index (χ1n) is 4.57. The quantitative estimate of drug-likeness (QED) is 0.779. The van der Waals surface area contributed by atoms with Gasteiger partial charge in [-0.3, -0.25) is 0 Å². The number of rotatable bonds is 1. The molecule has 0 fully saturated rings. The molecule has 0 radical (unpaired) electrons. The van der Waals surface area contributed by atoms with E-state index in [1.165, 1.54) is 0 Å². The summed E-state index contributed by atoms with van der Waals surface area (Å²) in [5, 5.41) is 9.41. The van der Waals surface area contributed by atoms with Crippen molar-refractivity contribution in [1.82, 2.24) is 4.98 Å². The highest BCUT2D eigenvalue weighted by molar-refractivity contribution is 6.34. The molecule has 3 heteroatoms. The monoisotopic (exact) mass is 216 g/mol. The minimum Gasteiger partial charge on any atom is -0.356 e. The Bertz CT molecular complexity index is 521. The second-order valence-corrected chi connectivity index (χ2v) is 3.67. The molecule has 1 aromatic carbocycles. The van der Waals surface area contributed by atoms with Crippen molar-refractivity contribution in [2.24, 2.45) is 0 Å². The minimum atomic E-state index is 0.501. The van der Waals surface area contributed by atoms with Gasteiger partial charge in [-0.2, -0.15) is 5.26 Å². The third-order valence-corrected chi connectivity index (χ3v) is 2.68. The van der Waals surface area contributed by atoms with Gasteiger partial charge in [0.2, 0.25) is 0 Å². The first kappa shape index (κ1) is 9.82. The summed E-state index contributed by atoms with van der Waals surface area (Å²) in [5.41, 5.74) is 3.13. The van der Waals surface area contributed by atoms with Crippen LogP contribution in [-0.4, -0.2) is 4.98 Å². The fourth-order valence-electron chi connectivity index (χ4n) is 1.53. The Hall–Kier alpha value is -1.72. The number of hydrogen-bond donors (Lipinski definition) is 1. The van der Waals surface area contributed by atoms with Crippen LogP contribution in [0.2, 0.25) is 5.02 Å². The van der Waals surface area contributed by atoms with E-state index in [1.807, 2.05) is 37.3 Å². The number of benzene rings is 1. The van der Waals surface area contributed by atoms with Crippen LogP contribution in [0.3, 0.4) is 0 Å². The largest absolute Gasteiger partial charge is 0.356 e. The Labute approximate surface area is 93.1 Å². The molecule has 2 rings (SSSR count). The van der Waals surface area contributed by atoms with Crippen LogP contribution >= 0.6 is 11.6 Å². The molecule has 0 spiro atoms. The molecule has 0 amide bonds. The van der Waals surface area contributed by atoms with E-state index < -0.39 is 0 Å². The molecule has 1 heterocycles. The zero-order valence-corrected chi connectivity index (χ0v) is 8.97. The smallest absolute Gasteiger partial charge is 0.103 e. The van der Waals surface area contributed by atoms with Crippen LogP contribution in [0.5, 0.6) is 0 Å². The predicted molar refractivity (Wildman–Crippen MR) is 60.7 cm³/mol. The number of hydrogen-bond acceptors (Lipinski definition) is 1. The molecule has 1 aromatic heterocycles. The molecule has 0 saturated heterocycles. The van der Waals surface area contributed by atoms with E-state index in [2.05, 4.69) is 11.1 Å². The lowest BCUT2D eigenvalue weighted by molar-refractivity contribution is 1.25. The second kappa shape index (κ2) is 3.80. The topological polar surface area (TPSA) is 39.6 Å². The highest BCUT2D eigenvalue weighted by atomic mass is 35.5. The Morgan fingerprint density at radius 1 is 1.27 bits per heavy atom. The van der Waals surface area contributed by atoms with Crippen molar-refractivity contribution in [1.29, 1.82) is 5.26 Å². The molecule has 2 nitrogen and oxygen atoms in total. The maximum Gasteiger partial charge on any atom is 0.103 e. The van der Waals surface area contributed by atoms with Gasteiger partial charge >= 0.3 is 0 Å². The lowest BCUT2D eigenvalue weighted by atomic mass is 10.1. The molecule has 1 N–H and O–H groups in total. The maximum absolute atomic E-state index is 8.91. The van der Waals surface area contributed by atoms with Crippen molar-refractivity contribution in [2.45, 2.75) is 6.92 Å². The highest BCUT2D eigenvalue weighted by Gasteiger charge is 2.13. The minimum absolute atomic E-state index is 0.501. The summed E-state index contributed by atoms with van der Waals surface area (Å²) in [6.45, 7) is 1.84. The lowest BCUT2D eigenvalue weighted by Gasteiger charge is -1.97. The maximum atomic E-state index is 8.91. The molecule has 0 unspecified atom stereocenters. The van der Waals surface area contributed by atoms with Gasteiger partial charge in [-0.25, -0.2) is 0 Å². The highest BCUT2D eigenvalue weighted by Crippen LogP contribution is 2.31. The molecular formula is C12H9ClN2. The van der Waals surface area contributed by atoms with Gasteiger partial charge < -0.3 is 4.98 Å². The van der Waals surface area contributed by atoms with Gasteiger partial charge in [-0.15, -0.1) is 0 Å². The van der Waals surface area contributed by atoms with Crippen LogP contribution in [0, 0.1) is 18.3 Å². The van der Waals surface area contributed by atoms with Gasteiger partial charge in [0.25, 0.3) is 0 Å². The second-order valence-electron chi connectivity index (χ2n) is 3.29. The number of aromatic nitrogens is 1. The molecule has 0 atom stereocenters. The number of H-pyrrole nitrogens is 1.